The molecule has 0 spiro atoms. The van der Waals surface area contributed by atoms with Crippen LogP contribution in [0, 0.1) is 11.6 Å². The number of allylic oxidation sites excluding steroid dienone is 1. The van der Waals surface area contributed by atoms with Gasteiger partial charge in [0, 0.05) is 29.1 Å². The quantitative estimate of drug-likeness (QED) is 0.470. The number of carbonyl (C=O) groups excluding carboxylic acids is 2. The lowest BCUT2D eigenvalue weighted by Gasteiger charge is -2.34. The standard InChI is InChI=1S/C23H20ClF2NO3/c1-3-8-30-23(29)22-14(2)27(13-15-9-16(25)11-17(26)10-15)21(28)12-19(22)18-6-4-5-7-20(18)24/h3-7,9-11,19H,1,8,12-13H2,2H3/t19-/m0/s1. The molecule has 0 aliphatic carbocycles. The van der Waals surface area contributed by atoms with Gasteiger partial charge in [-0.15, -0.1) is 0 Å². The zero-order valence-electron chi connectivity index (χ0n) is 16.3. The molecule has 0 aromatic heterocycles. The molecule has 0 saturated heterocycles. The first-order chi connectivity index (χ1) is 14.3. The van der Waals surface area contributed by atoms with Gasteiger partial charge in [-0.2, -0.15) is 0 Å². The van der Waals surface area contributed by atoms with E-state index in [1.165, 1.54) is 11.0 Å². The molecule has 3 rings (SSSR count). The molecular formula is C23H20ClF2NO3. The first kappa shape index (κ1) is 21.7. The fraction of sp³-hybridized carbons (Fsp3) is 0.217. The highest BCUT2D eigenvalue weighted by molar-refractivity contribution is 6.31. The maximum atomic E-state index is 13.6. The SMILES string of the molecule is C=CCOC(=O)C1=C(C)N(Cc2cc(F)cc(F)c2)C(=O)C[C@H]1c1ccccc1Cl. The van der Waals surface area contributed by atoms with Gasteiger partial charge in [-0.05, 0) is 36.2 Å². The van der Waals surface area contributed by atoms with Gasteiger partial charge in [0.25, 0.3) is 0 Å². The van der Waals surface area contributed by atoms with Crippen molar-refractivity contribution in [3.05, 3.63) is 94.2 Å². The van der Waals surface area contributed by atoms with Crippen molar-refractivity contribution < 1.29 is 23.1 Å². The Morgan fingerprint density at radius 3 is 2.57 bits per heavy atom. The summed E-state index contributed by atoms with van der Waals surface area (Å²) in [6.45, 7) is 5.08. The van der Waals surface area contributed by atoms with Crippen LogP contribution in [0.5, 0.6) is 0 Å². The van der Waals surface area contributed by atoms with Gasteiger partial charge in [-0.1, -0.05) is 42.5 Å². The molecule has 2 aromatic carbocycles. The summed E-state index contributed by atoms with van der Waals surface area (Å²) in [5, 5.41) is 0.428. The van der Waals surface area contributed by atoms with Crippen LogP contribution in [0.1, 0.15) is 30.4 Å². The van der Waals surface area contributed by atoms with Crippen LogP contribution in [0.4, 0.5) is 8.78 Å². The van der Waals surface area contributed by atoms with Crippen LogP contribution in [0.2, 0.25) is 5.02 Å². The van der Waals surface area contributed by atoms with E-state index >= 15 is 0 Å². The van der Waals surface area contributed by atoms with E-state index in [1.54, 1.807) is 31.2 Å². The number of hydrogen-bond donors (Lipinski definition) is 0. The van der Waals surface area contributed by atoms with Gasteiger partial charge in [-0.3, -0.25) is 4.79 Å². The smallest absolute Gasteiger partial charge is 0.336 e. The number of amides is 1. The van der Waals surface area contributed by atoms with Crippen LogP contribution in [0.3, 0.4) is 0 Å². The normalized spacial score (nSPS) is 16.6. The van der Waals surface area contributed by atoms with Crippen LogP contribution >= 0.6 is 11.6 Å². The molecule has 2 aromatic rings. The second-order valence-electron chi connectivity index (χ2n) is 6.92. The van der Waals surface area contributed by atoms with Crippen molar-refractivity contribution in [3.8, 4) is 0 Å². The second-order valence-corrected chi connectivity index (χ2v) is 7.33. The Morgan fingerprint density at radius 2 is 1.93 bits per heavy atom. The number of benzene rings is 2. The van der Waals surface area contributed by atoms with Crippen molar-refractivity contribution >= 4 is 23.5 Å². The Morgan fingerprint density at radius 1 is 1.27 bits per heavy atom. The first-order valence-corrected chi connectivity index (χ1v) is 9.68. The monoisotopic (exact) mass is 431 g/mol. The van der Waals surface area contributed by atoms with Crippen LogP contribution in [0.25, 0.3) is 0 Å². The summed E-state index contributed by atoms with van der Waals surface area (Å²) >= 11 is 6.33. The first-order valence-electron chi connectivity index (χ1n) is 9.30. The Hall–Kier alpha value is -2.99. The number of hydrogen-bond acceptors (Lipinski definition) is 3. The van der Waals surface area contributed by atoms with Crippen LogP contribution < -0.4 is 0 Å². The lowest BCUT2D eigenvalue weighted by atomic mass is 9.83. The molecule has 1 atom stereocenters. The summed E-state index contributed by atoms with van der Waals surface area (Å²) < 4.78 is 32.4. The van der Waals surface area contributed by atoms with Gasteiger partial charge in [0.1, 0.15) is 18.2 Å². The summed E-state index contributed by atoms with van der Waals surface area (Å²) in [6, 6.07) is 10.0. The van der Waals surface area contributed by atoms with E-state index in [4.69, 9.17) is 16.3 Å². The average molecular weight is 432 g/mol. The molecule has 7 heteroatoms. The van der Waals surface area contributed by atoms with E-state index in [0.29, 0.717) is 16.3 Å². The highest BCUT2D eigenvalue weighted by atomic mass is 35.5. The van der Waals surface area contributed by atoms with E-state index < -0.39 is 23.5 Å². The number of rotatable bonds is 6. The molecule has 0 fully saturated rings. The maximum absolute atomic E-state index is 13.6. The Kier molecular flexibility index (Phi) is 6.67. The predicted molar refractivity (Wildman–Crippen MR) is 110 cm³/mol. The summed E-state index contributed by atoms with van der Waals surface area (Å²) in [5.41, 5.74) is 1.54. The van der Waals surface area contributed by atoms with E-state index in [2.05, 4.69) is 6.58 Å². The largest absolute Gasteiger partial charge is 0.458 e. The second kappa shape index (κ2) is 9.22. The summed E-state index contributed by atoms with van der Waals surface area (Å²) in [5.74, 6) is -2.96. The Bertz CT molecular complexity index is 1010. The third kappa shape index (κ3) is 4.60. The molecule has 156 valence electrons. The zero-order valence-corrected chi connectivity index (χ0v) is 17.1. The van der Waals surface area contributed by atoms with Gasteiger partial charge >= 0.3 is 5.97 Å². The van der Waals surface area contributed by atoms with Gasteiger partial charge in [0.05, 0.1) is 12.1 Å². The fourth-order valence-corrected chi connectivity index (χ4v) is 3.86. The van der Waals surface area contributed by atoms with Crippen LogP contribution in [-0.4, -0.2) is 23.4 Å². The van der Waals surface area contributed by atoms with Crippen molar-refractivity contribution in [2.45, 2.75) is 25.8 Å². The lowest BCUT2D eigenvalue weighted by molar-refractivity contribution is -0.139. The molecule has 1 aliphatic heterocycles. The van der Waals surface area contributed by atoms with Crippen molar-refractivity contribution in [2.24, 2.45) is 0 Å². The number of carbonyl (C=O) groups is 2. The molecule has 0 radical (unpaired) electrons. The van der Waals surface area contributed by atoms with E-state index in [1.807, 2.05) is 0 Å². The summed E-state index contributed by atoms with van der Waals surface area (Å²) in [6.07, 6.45) is 1.41. The number of nitrogens with zero attached hydrogens (tertiary/aromatic N) is 1. The highest BCUT2D eigenvalue weighted by Gasteiger charge is 2.37. The Labute approximate surface area is 178 Å². The minimum Gasteiger partial charge on any atom is -0.458 e. The molecule has 1 amide bonds. The highest BCUT2D eigenvalue weighted by Crippen LogP contribution is 2.40. The molecule has 0 bridgehead atoms. The molecule has 0 N–H and O–H groups in total. The summed E-state index contributed by atoms with van der Waals surface area (Å²) in [7, 11) is 0. The molecule has 4 nitrogen and oxygen atoms in total. The topological polar surface area (TPSA) is 46.6 Å². The molecule has 1 aliphatic rings. The minimum atomic E-state index is -0.740. The van der Waals surface area contributed by atoms with E-state index in [0.717, 1.165) is 18.2 Å². The average Bonchev–Trinajstić information content (AvgIpc) is 2.68. The predicted octanol–water partition coefficient (Wildman–Crippen LogP) is 5.14. The third-order valence-corrected chi connectivity index (χ3v) is 5.26. The lowest BCUT2D eigenvalue weighted by Crippen LogP contribution is -2.38. The molecule has 0 unspecified atom stereocenters. The number of halogens is 3. The fourth-order valence-electron chi connectivity index (χ4n) is 3.59. The van der Waals surface area contributed by atoms with Crippen molar-refractivity contribution in [1.29, 1.82) is 0 Å². The Balaban J connectivity index is 2.06. The van der Waals surface area contributed by atoms with Crippen LogP contribution in [0.15, 0.2) is 66.4 Å². The number of esters is 1. The van der Waals surface area contributed by atoms with Crippen molar-refractivity contribution in [3.63, 3.8) is 0 Å². The van der Waals surface area contributed by atoms with Crippen molar-refractivity contribution in [1.82, 2.24) is 4.90 Å². The molecule has 0 saturated carbocycles. The van der Waals surface area contributed by atoms with Gasteiger partial charge in [-0.25, -0.2) is 13.6 Å². The van der Waals surface area contributed by atoms with Crippen molar-refractivity contribution in [2.75, 3.05) is 6.61 Å². The van der Waals surface area contributed by atoms with Crippen LogP contribution in [-0.2, 0) is 20.9 Å². The molecular weight excluding hydrogens is 412 g/mol. The van der Waals surface area contributed by atoms with E-state index in [-0.39, 0.29) is 36.6 Å². The third-order valence-electron chi connectivity index (χ3n) is 4.92. The zero-order chi connectivity index (χ0) is 21.8. The van der Waals surface area contributed by atoms with Gasteiger partial charge < -0.3 is 9.64 Å². The molecule has 1 heterocycles. The minimum absolute atomic E-state index is 0.00785. The molecule has 30 heavy (non-hydrogen) atoms. The van der Waals surface area contributed by atoms with E-state index in [9.17, 15) is 18.4 Å². The maximum Gasteiger partial charge on any atom is 0.336 e. The number of ether oxygens (including phenoxy) is 1. The summed E-state index contributed by atoms with van der Waals surface area (Å²) in [4.78, 5) is 27.1. The van der Waals surface area contributed by atoms with Gasteiger partial charge in [0.15, 0.2) is 0 Å². The van der Waals surface area contributed by atoms with Gasteiger partial charge in [0.2, 0.25) is 5.91 Å².